The van der Waals surface area contributed by atoms with Crippen LogP contribution in [0, 0.1) is 0 Å². The fraction of sp³-hybridized carbons (Fsp3) is 0.700. The largest absolute Gasteiger partial charge is 0.315 e. The van der Waals surface area contributed by atoms with Crippen molar-refractivity contribution in [2.45, 2.75) is 39.7 Å². The van der Waals surface area contributed by atoms with Gasteiger partial charge in [-0.2, -0.15) is 0 Å². The van der Waals surface area contributed by atoms with Crippen molar-refractivity contribution in [1.82, 2.24) is 10.3 Å². The molecule has 0 aliphatic carbocycles. The van der Waals surface area contributed by atoms with E-state index in [-0.39, 0.29) is 0 Å². The zero-order valence-electron chi connectivity index (χ0n) is 8.68. The summed E-state index contributed by atoms with van der Waals surface area (Å²) in [5, 5.41) is 4.46. The molecule has 2 nitrogen and oxygen atoms in total. The monoisotopic (exact) mass is 198 g/mol. The quantitative estimate of drug-likeness (QED) is 0.785. The number of hydrogen-bond donors (Lipinski definition) is 1. The Labute approximate surface area is 84.4 Å². The maximum absolute atomic E-state index is 4.62. The minimum Gasteiger partial charge on any atom is -0.315 e. The topological polar surface area (TPSA) is 24.9 Å². The van der Waals surface area contributed by atoms with E-state index < -0.39 is 0 Å². The van der Waals surface area contributed by atoms with Crippen LogP contribution in [-0.4, -0.2) is 12.0 Å². The van der Waals surface area contributed by atoms with Gasteiger partial charge in [0.2, 0.25) is 0 Å². The Balaban J connectivity index is 2.79. The lowest BCUT2D eigenvalue weighted by molar-refractivity contribution is 0.796. The van der Waals surface area contributed by atoms with Crippen LogP contribution in [0.2, 0.25) is 0 Å². The molecule has 0 saturated heterocycles. The molecule has 1 rings (SSSR count). The van der Waals surface area contributed by atoms with Crippen molar-refractivity contribution >= 4 is 11.3 Å². The van der Waals surface area contributed by atoms with Gasteiger partial charge >= 0.3 is 0 Å². The maximum atomic E-state index is 4.62. The van der Waals surface area contributed by atoms with Gasteiger partial charge in [0.15, 0.2) is 0 Å². The zero-order chi connectivity index (χ0) is 9.68. The minimum atomic E-state index is 0.965. The Morgan fingerprint density at radius 1 is 1.38 bits per heavy atom. The van der Waals surface area contributed by atoms with Gasteiger partial charge in [0.25, 0.3) is 0 Å². The maximum Gasteiger partial charge on any atom is 0.0928 e. The highest BCUT2D eigenvalue weighted by Gasteiger charge is 2.07. The highest BCUT2D eigenvalue weighted by Crippen LogP contribution is 2.20. The molecule has 0 amide bonds. The van der Waals surface area contributed by atoms with Crippen molar-refractivity contribution < 1.29 is 0 Å². The second-order valence-electron chi connectivity index (χ2n) is 3.11. The first kappa shape index (κ1) is 10.7. The fourth-order valence-electron chi connectivity index (χ4n) is 1.32. The standard InChI is InChI=1S/C10H18N2S/c1-4-6-8-9(7-11-3)13-10(5-2)12-8/h11H,4-7H2,1-3H3. The Morgan fingerprint density at radius 2 is 2.15 bits per heavy atom. The third-order valence-corrected chi connectivity index (χ3v) is 3.19. The molecular formula is C10H18N2S. The molecule has 0 atom stereocenters. The first-order valence-corrected chi connectivity index (χ1v) is 5.75. The smallest absolute Gasteiger partial charge is 0.0928 e. The molecule has 13 heavy (non-hydrogen) atoms. The Morgan fingerprint density at radius 3 is 2.69 bits per heavy atom. The Kier molecular flexibility index (Phi) is 4.39. The van der Waals surface area contributed by atoms with Crippen LogP contribution in [0.5, 0.6) is 0 Å². The molecule has 74 valence electrons. The van der Waals surface area contributed by atoms with Gasteiger partial charge in [0.1, 0.15) is 0 Å². The minimum absolute atomic E-state index is 0.965. The first-order valence-electron chi connectivity index (χ1n) is 4.93. The number of aryl methyl sites for hydroxylation is 2. The van der Waals surface area contributed by atoms with Gasteiger partial charge in [-0.05, 0) is 19.9 Å². The molecule has 0 fully saturated rings. The number of rotatable bonds is 5. The van der Waals surface area contributed by atoms with Crippen LogP contribution in [-0.2, 0) is 19.4 Å². The summed E-state index contributed by atoms with van der Waals surface area (Å²) in [5.74, 6) is 0. The lowest BCUT2D eigenvalue weighted by Gasteiger charge is -1.98. The highest BCUT2D eigenvalue weighted by atomic mass is 32.1. The van der Waals surface area contributed by atoms with Crippen LogP contribution in [0.1, 0.15) is 35.8 Å². The van der Waals surface area contributed by atoms with Gasteiger partial charge in [-0.1, -0.05) is 20.3 Å². The van der Waals surface area contributed by atoms with Crippen LogP contribution >= 0.6 is 11.3 Å². The van der Waals surface area contributed by atoms with E-state index in [0.717, 1.165) is 19.4 Å². The molecule has 0 aliphatic rings. The molecule has 1 N–H and O–H groups in total. The van der Waals surface area contributed by atoms with Crippen LogP contribution < -0.4 is 5.32 Å². The van der Waals surface area contributed by atoms with Crippen LogP contribution in [0.15, 0.2) is 0 Å². The summed E-state index contributed by atoms with van der Waals surface area (Å²) in [7, 11) is 1.99. The molecular weight excluding hydrogens is 180 g/mol. The normalized spacial score (nSPS) is 10.7. The van der Waals surface area contributed by atoms with Crippen LogP contribution in [0.3, 0.4) is 0 Å². The second kappa shape index (κ2) is 5.35. The predicted octanol–water partition coefficient (Wildman–Crippen LogP) is 2.38. The zero-order valence-corrected chi connectivity index (χ0v) is 9.50. The summed E-state index contributed by atoms with van der Waals surface area (Å²) in [6, 6.07) is 0. The molecule has 1 heterocycles. The summed E-state index contributed by atoms with van der Waals surface area (Å²) in [6.45, 7) is 5.33. The number of aromatic nitrogens is 1. The van der Waals surface area contributed by atoms with Crippen LogP contribution in [0.25, 0.3) is 0 Å². The molecule has 0 aromatic carbocycles. The van der Waals surface area contributed by atoms with Gasteiger partial charge in [-0.3, -0.25) is 0 Å². The number of hydrogen-bond acceptors (Lipinski definition) is 3. The fourth-order valence-corrected chi connectivity index (χ4v) is 2.39. The second-order valence-corrected chi connectivity index (χ2v) is 4.28. The van der Waals surface area contributed by atoms with Crippen molar-refractivity contribution in [3.05, 3.63) is 15.6 Å². The van der Waals surface area contributed by atoms with E-state index in [2.05, 4.69) is 24.1 Å². The molecule has 1 aromatic heterocycles. The van der Waals surface area contributed by atoms with E-state index >= 15 is 0 Å². The van der Waals surface area contributed by atoms with E-state index in [0.29, 0.717) is 0 Å². The van der Waals surface area contributed by atoms with Gasteiger partial charge in [-0.15, -0.1) is 11.3 Å². The van der Waals surface area contributed by atoms with Gasteiger partial charge < -0.3 is 5.32 Å². The van der Waals surface area contributed by atoms with E-state index in [9.17, 15) is 0 Å². The average Bonchev–Trinajstić information content (AvgIpc) is 2.50. The van der Waals surface area contributed by atoms with Gasteiger partial charge in [0, 0.05) is 11.4 Å². The van der Waals surface area contributed by atoms with E-state index in [1.54, 1.807) is 0 Å². The third-order valence-electron chi connectivity index (χ3n) is 1.95. The van der Waals surface area contributed by atoms with Crippen molar-refractivity contribution in [2.75, 3.05) is 7.05 Å². The van der Waals surface area contributed by atoms with E-state index in [1.807, 2.05) is 18.4 Å². The molecule has 0 radical (unpaired) electrons. The predicted molar refractivity (Wildman–Crippen MR) is 58.3 cm³/mol. The first-order chi connectivity index (χ1) is 6.31. The Hall–Kier alpha value is -0.410. The van der Waals surface area contributed by atoms with Crippen molar-refractivity contribution in [3.63, 3.8) is 0 Å². The van der Waals surface area contributed by atoms with E-state index in [4.69, 9.17) is 0 Å². The molecule has 0 spiro atoms. The van der Waals surface area contributed by atoms with Crippen molar-refractivity contribution in [1.29, 1.82) is 0 Å². The summed E-state index contributed by atoms with van der Waals surface area (Å²) in [4.78, 5) is 6.03. The highest BCUT2D eigenvalue weighted by molar-refractivity contribution is 7.11. The summed E-state index contributed by atoms with van der Waals surface area (Å²) in [5.41, 5.74) is 1.30. The average molecular weight is 198 g/mol. The van der Waals surface area contributed by atoms with E-state index in [1.165, 1.54) is 22.0 Å². The molecule has 0 unspecified atom stereocenters. The molecule has 0 aliphatic heterocycles. The third kappa shape index (κ3) is 2.78. The van der Waals surface area contributed by atoms with Crippen molar-refractivity contribution in [2.24, 2.45) is 0 Å². The lowest BCUT2D eigenvalue weighted by Crippen LogP contribution is -2.05. The number of thiazole rings is 1. The molecule has 1 aromatic rings. The van der Waals surface area contributed by atoms with Gasteiger partial charge in [0.05, 0.1) is 10.7 Å². The molecule has 0 bridgehead atoms. The van der Waals surface area contributed by atoms with Crippen molar-refractivity contribution in [3.8, 4) is 0 Å². The van der Waals surface area contributed by atoms with Crippen LogP contribution in [0.4, 0.5) is 0 Å². The molecule has 0 saturated carbocycles. The SMILES string of the molecule is CCCc1nc(CC)sc1CNC. The number of nitrogens with zero attached hydrogens (tertiary/aromatic N) is 1. The summed E-state index contributed by atoms with van der Waals surface area (Å²) < 4.78 is 0. The van der Waals surface area contributed by atoms with Gasteiger partial charge in [-0.25, -0.2) is 4.98 Å². The number of nitrogens with one attached hydrogen (secondary N) is 1. The molecule has 3 heteroatoms. The summed E-state index contributed by atoms with van der Waals surface area (Å²) >= 11 is 1.85. The Bertz CT molecular complexity index is 232. The summed E-state index contributed by atoms with van der Waals surface area (Å²) in [6.07, 6.45) is 3.36. The lowest BCUT2D eigenvalue weighted by atomic mass is 10.2.